The first-order valence-electron chi connectivity index (χ1n) is 8.07. The second-order valence-electron chi connectivity index (χ2n) is 6.57. The van der Waals surface area contributed by atoms with Gasteiger partial charge in [0.25, 0.3) is 0 Å². The quantitative estimate of drug-likeness (QED) is 0.556. The van der Waals surface area contributed by atoms with Crippen LogP contribution in [0, 0.1) is 5.41 Å². The van der Waals surface area contributed by atoms with Crippen LogP contribution < -0.4 is 10.6 Å². The minimum atomic E-state index is -0.193. The van der Waals surface area contributed by atoms with Crippen molar-refractivity contribution in [3.8, 4) is 11.4 Å². The van der Waals surface area contributed by atoms with Gasteiger partial charge in [-0.3, -0.25) is 5.10 Å². The molecule has 0 fully saturated rings. The Labute approximate surface area is 141 Å². The number of carbonyl (C=O) groups is 1. The Morgan fingerprint density at radius 1 is 1.33 bits per heavy atom. The summed E-state index contributed by atoms with van der Waals surface area (Å²) < 4.78 is 0. The second-order valence-corrected chi connectivity index (χ2v) is 6.57. The van der Waals surface area contributed by atoms with Crippen LogP contribution in [0.3, 0.4) is 0 Å². The summed E-state index contributed by atoms with van der Waals surface area (Å²) >= 11 is 0. The van der Waals surface area contributed by atoms with E-state index in [4.69, 9.17) is 0 Å². The largest absolute Gasteiger partial charge is 0.396 e. The molecule has 1 heterocycles. The average Bonchev–Trinajstić information content (AvgIpc) is 3.12. The summed E-state index contributed by atoms with van der Waals surface area (Å²) in [5.74, 6) is 0.702. The van der Waals surface area contributed by atoms with Gasteiger partial charge in [-0.1, -0.05) is 32.0 Å². The Kier molecular flexibility index (Phi) is 6.31. The molecule has 7 nitrogen and oxygen atoms in total. The molecule has 0 aliphatic rings. The molecule has 0 spiro atoms. The number of amides is 2. The number of urea groups is 1. The number of H-pyrrole nitrogens is 1. The van der Waals surface area contributed by atoms with E-state index < -0.39 is 0 Å². The average molecular weight is 331 g/mol. The van der Waals surface area contributed by atoms with Crippen molar-refractivity contribution in [1.82, 2.24) is 25.8 Å². The van der Waals surface area contributed by atoms with Gasteiger partial charge in [0.15, 0.2) is 5.82 Å². The highest BCUT2D eigenvalue weighted by atomic mass is 16.3. The highest BCUT2D eigenvalue weighted by molar-refractivity contribution is 5.73. The summed E-state index contributed by atoms with van der Waals surface area (Å²) in [5.41, 5.74) is 1.82. The number of aliphatic hydroxyl groups is 1. The molecule has 0 aliphatic heterocycles. The first-order chi connectivity index (χ1) is 11.5. The van der Waals surface area contributed by atoms with Gasteiger partial charge in [0.1, 0.15) is 6.33 Å². The number of aliphatic hydroxyl groups excluding tert-OH is 1. The first kappa shape index (κ1) is 17.9. The van der Waals surface area contributed by atoms with E-state index in [1.807, 2.05) is 38.1 Å². The first-order valence-corrected chi connectivity index (χ1v) is 8.07. The number of nitrogens with one attached hydrogen (secondary N) is 3. The van der Waals surface area contributed by atoms with Crippen molar-refractivity contribution >= 4 is 6.03 Å². The maximum atomic E-state index is 11.8. The number of aromatic amines is 1. The lowest BCUT2D eigenvalue weighted by Crippen LogP contribution is -2.36. The summed E-state index contributed by atoms with van der Waals surface area (Å²) in [6.45, 7) is 5.20. The van der Waals surface area contributed by atoms with E-state index in [2.05, 4.69) is 25.8 Å². The van der Waals surface area contributed by atoms with Crippen LogP contribution in [0.2, 0.25) is 0 Å². The van der Waals surface area contributed by atoms with E-state index in [-0.39, 0.29) is 18.1 Å². The molecule has 7 heteroatoms. The minimum absolute atomic E-state index is 0.0979. The zero-order chi connectivity index (χ0) is 17.4. The van der Waals surface area contributed by atoms with E-state index in [1.165, 1.54) is 6.33 Å². The molecule has 24 heavy (non-hydrogen) atoms. The van der Waals surface area contributed by atoms with Gasteiger partial charge in [-0.05, 0) is 29.9 Å². The van der Waals surface area contributed by atoms with Gasteiger partial charge < -0.3 is 15.7 Å². The van der Waals surface area contributed by atoms with E-state index in [9.17, 15) is 9.90 Å². The molecule has 0 atom stereocenters. The highest BCUT2D eigenvalue weighted by Gasteiger charge is 2.15. The Morgan fingerprint density at radius 3 is 2.88 bits per heavy atom. The van der Waals surface area contributed by atoms with E-state index in [0.717, 1.165) is 24.0 Å². The molecule has 4 N–H and O–H groups in total. The zero-order valence-corrected chi connectivity index (χ0v) is 14.2. The Morgan fingerprint density at radius 2 is 2.17 bits per heavy atom. The fraction of sp³-hybridized carbons (Fsp3) is 0.471. The molecule has 0 unspecified atom stereocenters. The summed E-state index contributed by atoms with van der Waals surface area (Å²) in [5, 5.41) is 21.5. The molecule has 2 amide bonds. The molecule has 0 bridgehead atoms. The van der Waals surface area contributed by atoms with Gasteiger partial charge in [-0.15, -0.1) is 0 Å². The molecule has 0 radical (unpaired) electrons. The van der Waals surface area contributed by atoms with Gasteiger partial charge in [-0.2, -0.15) is 5.10 Å². The lowest BCUT2D eigenvalue weighted by atomic mass is 9.89. The van der Waals surface area contributed by atoms with Gasteiger partial charge in [0, 0.05) is 25.3 Å². The fourth-order valence-electron chi connectivity index (χ4n) is 2.27. The van der Waals surface area contributed by atoms with Crippen LogP contribution in [0.15, 0.2) is 30.6 Å². The van der Waals surface area contributed by atoms with E-state index >= 15 is 0 Å². The summed E-state index contributed by atoms with van der Waals surface area (Å²) in [6, 6.07) is 7.58. The van der Waals surface area contributed by atoms with Gasteiger partial charge >= 0.3 is 6.03 Å². The molecule has 0 saturated heterocycles. The van der Waals surface area contributed by atoms with Crippen molar-refractivity contribution in [3.63, 3.8) is 0 Å². The maximum absolute atomic E-state index is 11.8. The van der Waals surface area contributed by atoms with Crippen molar-refractivity contribution in [3.05, 3.63) is 36.2 Å². The van der Waals surface area contributed by atoms with Crippen LogP contribution in [-0.4, -0.2) is 39.5 Å². The SMILES string of the molecule is CC(C)(CO)CCCNC(=O)NCc1cccc(-c2ncn[nH]2)c1. The van der Waals surface area contributed by atoms with Crippen molar-refractivity contribution in [1.29, 1.82) is 0 Å². The summed E-state index contributed by atoms with van der Waals surface area (Å²) in [4.78, 5) is 15.9. The van der Waals surface area contributed by atoms with E-state index in [0.29, 0.717) is 18.9 Å². The number of hydrogen-bond donors (Lipinski definition) is 4. The maximum Gasteiger partial charge on any atom is 0.315 e. The molecule has 1 aromatic heterocycles. The van der Waals surface area contributed by atoms with Gasteiger partial charge in [0.05, 0.1) is 0 Å². The predicted molar refractivity (Wildman–Crippen MR) is 92.2 cm³/mol. The number of nitrogens with zero attached hydrogens (tertiary/aromatic N) is 2. The van der Waals surface area contributed by atoms with Crippen LogP contribution >= 0.6 is 0 Å². The van der Waals surface area contributed by atoms with Gasteiger partial charge in [0.2, 0.25) is 0 Å². The van der Waals surface area contributed by atoms with E-state index in [1.54, 1.807) is 0 Å². The summed E-state index contributed by atoms with van der Waals surface area (Å²) in [7, 11) is 0. The monoisotopic (exact) mass is 331 g/mol. The Balaban J connectivity index is 1.73. The normalized spacial score (nSPS) is 11.3. The highest BCUT2D eigenvalue weighted by Crippen LogP contribution is 2.20. The molecular weight excluding hydrogens is 306 g/mol. The lowest BCUT2D eigenvalue weighted by Gasteiger charge is -2.21. The number of carbonyl (C=O) groups excluding carboxylic acids is 1. The van der Waals surface area contributed by atoms with Crippen LogP contribution in [0.4, 0.5) is 4.79 Å². The summed E-state index contributed by atoms with van der Waals surface area (Å²) in [6.07, 6.45) is 3.16. The zero-order valence-electron chi connectivity index (χ0n) is 14.2. The number of rotatable bonds is 8. The van der Waals surface area contributed by atoms with Crippen LogP contribution in [0.1, 0.15) is 32.3 Å². The Bertz CT molecular complexity index is 640. The Hall–Kier alpha value is -2.41. The smallest absolute Gasteiger partial charge is 0.315 e. The lowest BCUT2D eigenvalue weighted by molar-refractivity contribution is 0.148. The third-order valence-corrected chi connectivity index (χ3v) is 3.81. The topological polar surface area (TPSA) is 103 Å². The van der Waals surface area contributed by atoms with Crippen LogP contribution in [-0.2, 0) is 6.54 Å². The molecule has 2 aromatic rings. The number of benzene rings is 1. The molecule has 1 aromatic carbocycles. The number of aromatic nitrogens is 3. The standard InChI is InChI=1S/C17H25N5O2/c1-17(2,11-23)7-4-8-18-16(24)19-10-13-5-3-6-14(9-13)15-20-12-21-22-15/h3,5-6,9,12,23H,4,7-8,10-11H2,1-2H3,(H2,18,19,24)(H,20,21,22). The van der Waals surface area contributed by atoms with Crippen molar-refractivity contribution in [2.45, 2.75) is 33.2 Å². The molecule has 0 saturated carbocycles. The second kappa shape index (κ2) is 8.44. The number of hydrogen-bond acceptors (Lipinski definition) is 4. The van der Waals surface area contributed by atoms with Crippen molar-refractivity contribution < 1.29 is 9.90 Å². The minimum Gasteiger partial charge on any atom is -0.396 e. The van der Waals surface area contributed by atoms with Crippen molar-refractivity contribution in [2.75, 3.05) is 13.2 Å². The van der Waals surface area contributed by atoms with Crippen molar-refractivity contribution in [2.24, 2.45) is 5.41 Å². The predicted octanol–water partition coefficient (Wildman–Crippen LogP) is 2.07. The third-order valence-electron chi connectivity index (χ3n) is 3.81. The molecule has 0 aliphatic carbocycles. The molecular formula is C17H25N5O2. The molecule has 130 valence electrons. The third kappa shape index (κ3) is 5.66. The molecule has 2 rings (SSSR count). The van der Waals surface area contributed by atoms with Crippen LogP contribution in [0.5, 0.6) is 0 Å². The van der Waals surface area contributed by atoms with Gasteiger partial charge in [-0.25, -0.2) is 9.78 Å². The fourth-order valence-corrected chi connectivity index (χ4v) is 2.27. The van der Waals surface area contributed by atoms with Crippen LogP contribution in [0.25, 0.3) is 11.4 Å².